The summed E-state index contributed by atoms with van der Waals surface area (Å²) in [6, 6.07) is 3.38. The van der Waals surface area contributed by atoms with Crippen molar-refractivity contribution in [3.8, 4) is 11.8 Å². The molecule has 5 rings (SSSR count). The van der Waals surface area contributed by atoms with E-state index in [1.807, 2.05) is 5.92 Å². The SMILES string of the molecule is Nc1ncnc2c1ncn2[C@]1(S(=O)(=O)NC(=O)C#Cc2cccc3c2C(=O)C(F)(F)C3O)O[C@H](CO)[C@@H](O)[C@H]1O. The molecule has 0 radical (unpaired) electrons. The van der Waals surface area contributed by atoms with Gasteiger partial charge in [0.05, 0.1) is 6.61 Å². The number of rotatable bonds is 4. The number of aliphatic hydroxyl groups is 4. The number of nitrogen functional groups attached to an aromatic ring is 1. The van der Waals surface area contributed by atoms with Crippen LogP contribution in [-0.4, -0.2) is 90.9 Å². The van der Waals surface area contributed by atoms with Crippen LogP contribution >= 0.6 is 0 Å². The molecule has 18 heteroatoms. The Balaban J connectivity index is 1.55. The number of nitrogens with zero attached hydrogens (tertiary/aromatic N) is 4. The van der Waals surface area contributed by atoms with Crippen molar-refractivity contribution < 1.29 is 52.0 Å². The molecule has 2 aliphatic rings. The fraction of sp³-hybridized carbons (Fsp3) is 0.318. The van der Waals surface area contributed by atoms with Gasteiger partial charge in [0.25, 0.3) is 10.0 Å². The summed E-state index contributed by atoms with van der Waals surface area (Å²) in [5.74, 6) is -3.62. The van der Waals surface area contributed by atoms with Gasteiger partial charge in [-0.1, -0.05) is 18.1 Å². The number of Topliss-reactive ketones (excluding diaryl/α,β-unsaturated/α-hetero) is 1. The van der Waals surface area contributed by atoms with Gasteiger partial charge >= 0.3 is 16.9 Å². The highest BCUT2D eigenvalue weighted by Gasteiger charge is 2.65. The minimum absolute atomic E-state index is 0.123. The van der Waals surface area contributed by atoms with Crippen molar-refractivity contribution in [3.63, 3.8) is 0 Å². The average Bonchev–Trinajstić information content (AvgIpc) is 3.51. The molecule has 0 bridgehead atoms. The number of anilines is 1. The van der Waals surface area contributed by atoms with E-state index in [1.54, 1.807) is 4.72 Å². The fourth-order valence-electron chi connectivity index (χ4n) is 4.54. The Morgan fingerprint density at radius 1 is 1.23 bits per heavy atom. The largest absolute Gasteiger partial charge is 0.394 e. The molecule has 7 N–H and O–H groups in total. The van der Waals surface area contributed by atoms with Crippen LogP contribution in [0.25, 0.3) is 11.2 Å². The predicted molar refractivity (Wildman–Crippen MR) is 126 cm³/mol. The van der Waals surface area contributed by atoms with Crippen LogP contribution < -0.4 is 10.5 Å². The molecule has 1 fully saturated rings. The van der Waals surface area contributed by atoms with Crippen LogP contribution in [-0.2, 0) is 24.6 Å². The number of carbonyl (C=O) groups is 2. The molecule has 0 spiro atoms. The maximum atomic E-state index is 14.0. The zero-order valence-corrected chi connectivity index (χ0v) is 20.6. The van der Waals surface area contributed by atoms with E-state index in [4.69, 9.17) is 10.5 Å². The topological polar surface area (TPSA) is 240 Å². The number of aliphatic hydroxyl groups excluding tert-OH is 4. The van der Waals surface area contributed by atoms with Crippen LogP contribution in [0.5, 0.6) is 0 Å². The Bertz CT molecular complexity index is 1740. The zero-order valence-electron chi connectivity index (χ0n) is 19.8. The number of imidazole rings is 1. The Labute approximate surface area is 222 Å². The van der Waals surface area contributed by atoms with Crippen LogP contribution in [0.3, 0.4) is 0 Å². The minimum atomic E-state index is -5.28. The Morgan fingerprint density at radius 3 is 2.62 bits per heavy atom. The van der Waals surface area contributed by atoms with Crippen LogP contribution in [0, 0.1) is 11.8 Å². The minimum Gasteiger partial charge on any atom is -0.394 e. The number of aromatic nitrogens is 4. The van der Waals surface area contributed by atoms with E-state index in [1.165, 1.54) is 6.07 Å². The van der Waals surface area contributed by atoms with E-state index in [9.17, 15) is 47.2 Å². The number of alkyl halides is 2. The molecule has 3 aromatic rings. The third-order valence-electron chi connectivity index (χ3n) is 6.46. The molecule has 5 atom stereocenters. The van der Waals surface area contributed by atoms with E-state index in [0.29, 0.717) is 4.57 Å². The zero-order chi connectivity index (χ0) is 29.2. The summed E-state index contributed by atoms with van der Waals surface area (Å²) >= 11 is 0. The van der Waals surface area contributed by atoms with Gasteiger partial charge in [-0.25, -0.2) is 28.1 Å². The van der Waals surface area contributed by atoms with Gasteiger partial charge in [0.1, 0.15) is 36.5 Å². The van der Waals surface area contributed by atoms with E-state index in [0.717, 1.165) is 24.8 Å². The Hall–Kier alpha value is -4.12. The van der Waals surface area contributed by atoms with E-state index in [2.05, 4.69) is 20.9 Å². The van der Waals surface area contributed by atoms with Gasteiger partial charge in [0, 0.05) is 17.0 Å². The molecule has 1 aliphatic carbocycles. The summed E-state index contributed by atoms with van der Waals surface area (Å²) < 4.78 is 62.9. The van der Waals surface area contributed by atoms with Gasteiger partial charge in [-0.2, -0.15) is 8.78 Å². The average molecular weight is 580 g/mol. The van der Waals surface area contributed by atoms with Crippen molar-refractivity contribution >= 4 is 38.7 Å². The summed E-state index contributed by atoms with van der Waals surface area (Å²) in [6.45, 7) is -0.948. The molecule has 1 aromatic carbocycles. The van der Waals surface area contributed by atoms with Gasteiger partial charge in [0.2, 0.25) is 5.78 Å². The van der Waals surface area contributed by atoms with E-state index in [-0.39, 0.29) is 22.5 Å². The summed E-state index contributed by atoms with van der Waals surface area (Å²) in [7, 11) is -5.28. The third kappa shape index (κ3) is 3.75. The maximum absolute atomic E-state index is 14.0. The fourth-order valence-corrected chi connectivity index (χ4v) is 6.08. The molecule has 2 aromatic heterocycles. The lowest BCUT2D eigenvalue weighted by Gasteiger charge is -2.32. The number of sulfonamides is 1. The first-order valence-corrected chi connectivity index (χ1v) is 12.7. The van der Waals surface area contributed by atoms with Crippen LogP contribution in [0.15, 0.2) is 30.9 Å². The Morgan fingerprint density at radius 2 is 1.95 bits per heavy atom. The monoisotopic (exact) mass is 580 g/mol. The Kier molecular flexibility index (Phi) is 6.33. The molecule has 1 unspecified atom stereocenters. The standard InChI is InChI=1S/C22H18F2N6O9S/c23-21(24)16(34)10-3-1-2-9(13(10)17(21)35)4-5-12(32)29-40(37,38)22(18(36)15(33)11(6-31)39-22)30-8-28-14-19(25)26-7-27-20(14)30/h1-3,7-8,11,15-16,18,31,33-34,36H,6H2,(H,29,32)(H2,25,26,27)/t11-,15-,16?,18-,22+/m1/s1. The summed E-state index contributed by atoms with van der Waals surface area (Å²) in [5.41, 5.74) is 3.88. The lowest BCUT2D eigenvalue weighted by molar-refractivity contribution is -0.114. The number of hydrogen-bond acceptors (Lipinski definition) is 13. The summed E-state index contributed by atoms with van der Waals surface area (Å²) in [4.78, 5) is 36.3. The first kappa shape index (κ1) is 27.4. The van der Waals surface area contributed by atoms with Crippen LogP contribution in [0.2, 0.25) is 0 Å². The molecule has 1 saturated heterocycles. The third-order valence-corrected chi connectivity index (χ3v) is 8.22. The molecule has 1 amide bonds. The number of amides is 1. The molecular formula is C22H18F2N6O9S. The second-order valence-corrected chi connectivity index (χ2v) is 10.6. The molecular weight excluding hydrogens is 562 g/mol. The van der Waals surface area contributed by atoms with Crippen LogP contribution in [0.4, 0.5) is 14.6 Å². The molecule has 40 heavy (non-hydrogen) atoms. The second-order valence-electron chi connectivity index (χ2n) is 8.76. The number of nitrogens with one attached hydrogen (secondary N) is 1. The molecule has 3 heterocycles. The number of halogens is 2. The molecule has 1 aliphatic heterocycles. The van der Waals surface area contributed by atoms with Crippen molar-refractivity contribution in [2.75, 3.05) is 12.3 Å². The highest BCUT2D eigenvalue weighted by atomic mass is 32.2. The maximum Gasteiger partial charge on any atom is 0.339 e. The normalized spacial score (nSPS) is 27.3. The van der Waals surface area contributed by atoms with Gasteiger partial charge < -0.3 is 30.9 Å². The van der Waals surface area contributed by atoms with Crippen molar-refractivity contribution in [3.05, 3.63) is 47.5 Å². The number of fused-ring (bicyclic) bond motifs is 2. The summed E-state index contributed by atoms with van der Waals surface area (Å²) in [6.07, 6.45) is -6.62. The predicted octanol–water partition coefficient (Wildman–Crippen LogP) is -2.51. The van der Waals surface area contributed by atoms with Gasteiger partial charge in [-0.15, -0.1) is 0 Å². The highest BCUT2D eigenvalue weighted by molar-refractivity contribution is 7.90. The molecule has 0 saturated carbocycles. The van der Waals surface area contributed by atoms with E-state index >= 15 is 0 Å². The highest BCUT2D eigenvalue weighted by Crippen LogP contribution is 2.44. The number of nitrogens with two attached hydrogens (primary N) is 1. The van der Waals surface area contributed by atoms with Crippen molar-refractivity contribution in [2.24, 2.45) is 0 Å². The first-order chi connectivity index (χ1) is 18.8. The second kappa shape index (κ2) is 9.22. The van der Waals surface area contributed by atoms with Crippen molar-refractivity contribution in [1.29, 1.82) is 0 Å². The van der Waals surface area contributed by atoms with Crippen molar-refractivity contribution in [1.82, 2.24) is 24.2 Å². The van der Waals surface area contributed by atoms with Crippen molar-refractivity contribution in [2.45, 2.75) is 35.4 Å². The number of hydrogen-bond donors (Lipinski definition) is 6. The number of benzene rings is 1. The summed E-state index contributed by atoms with van der Waals surface area (Å²) in [5, 5.41) is 37.6. The first-order valence-electron chi connectivity index (χ1n) is 11.2. The number of ketones is 1. The van der Waals surface area contributed by atoms with E-state index < -0.39 is 74.8 Å². The lowest BCUT2D eigenvalue weighted by atomic mass is 10.0. The molecule has 15 nitrogen and oxygen atoms in total. The van der Waals surface area contributed by atoms with Crippen LogP contribution in [0.1, 0.15) is 27.6 Å². The molecule has 210 valence electrons. The van der Waals surface area contributed by atoms with Gasteiger partial charge in [-0.05, 0) is 11.6 Å². The number of carbonyl (C=O) groups excluding carboxylic acids is 2. The lowest BCUT2D eigenvalue weighted by Crippen LogP contribution is -2.56. The van der Waals surface area contributed by atoms with Gasteiger partial charge in [-0.3, -0.25) is 14.2 Å². The quantitative estimate of drug-likeness (QED) is 0.175. The smallest absolute Gasteiger partial charge is 0.339 e. The number of ether oxygens (including phenoxy) is 1. The van der Waals surface area contributed by atoms with Gasteiger partial charge in [0.15, 0.2) is 17.6 Å².